The maximum absolute atomic E-state index is 14.4. The van der Waals surface area contributed by atoms with Gasteiger partial charge >= 0.3 is 5.97 Å². The Morgan fingerprint density at radius 3 is 2.56 bits per heavy atom. The number of hydrogen-bond acceptors (Lipinski definition) is 6. The second-order valence-corrected chi connectivity index (χ2v) is 15.1. The van der Waals surface area contributed by atoms with E-state index < -0.39 is 6.04 Å². The van der Waals surface area contributed by atoms with Gasteiger partial charge in [0.2, 0.25) is 0 Å². The predicted octanol–water partition coefficient (Wildman–Crippen LogP) is 9.53. The first kappa shape index (κ1) is 35.8. The van der Waals surface area contributed by atoms with Crippen molar-refractivity contribution in [2.45, 2.75) is 44.4 Å². The van der Waals surface area contributed by atoms with E-state index in [2.05, 4.69) is 71.8 Å². The van der Waals surface area contributed by atoms with Gasteiger partial charge in [-0.05, 0) is 114 Å². The molecule has 1 aliphatic carbocycles. The van der Waals surface area contributed by atoms with Crippen LogP contribution in [0.5, 0.6) is 11.5 Å². The zero-order valence-electron chi connectivity index (χ0n) is 29.3. The predicted molar refractivity (Wildman–Crippen MR) is 209 cm³/mol. The molecule has 0 fully saturated rings. The molecular weight excluding hydrogens is 660 g/mol. The fourth-order valence-corrected chi connectivity index (χ4v) is 8.35. The molecule has 7 heteroatoms. The molecule has 2 atom stereocenters. The molecule has 3 aromatic carbocycles. The van der Waals surface area contributed by atoms with Gasteiger partial charge in [-0.2, -0.15) is 0 Å². The van der Waals surface area contributed by atoms with E-state index >= 15 is 0 Å². The van der Waals surface area contributed by atoms with E-state index in [1.165, 1.54) is 16.1 Å². The van der Waals surface area contributed by atoms with Gasteiger partial charge < -0.3 is 14.4 Å². The Hall–Kier alpha value is -4.03. The van der Waals surface area contributed by atoms with Crippen LogP contribution >= 0.6 is 23.4 Å². The number of carbonyl (C=O) groups is 1. The first-order valence-corrected chi connectivity index (χ1v) is 18.7. The maximum Gasteiger partial charge on any atom is 0.333 e. The van der Waals surface area contributed by atoms with E-state index in [0.717, 1.165) is 72.5 Å². The highest BCUT2D eigenvalue weighted by Gasteiger charge is 2.37. The number of hydrogen-bond donors (Lipinski definition) is 0. The lowest BCUT2D eigenvalue weighted by atomic mass is 9.88. The standard InChI is InChI=1S/C43H45ClN2O3S/c1-5-37(31-13-8-6-9-14-31)41(32-19-21-35(22-20-32)48-26-25-45(3)4)33-15-12-16-36(28-33)49-43(47)42(38-17-10-7-11-18-39(38)44)46-24-23-40-34(29-46)27-30(2)50-40/h6-10,12-22,28,30,42H,5,23-27,29H2,1-4H3. The smallest absolute Gasteiger partial charge is 0.333 e. The third-order valence-corrected chi connectivity index (χ3v) is 10.9. The number of nitrogens with zero attached hydrogens (tertiary/aromatic N) is 2. The molecule has 2 heterocycles. The van der Waals surface area contributed by atoms with Gasteiger partial charge in [-0.3, -0.25) is 4.90 Å². The summed E-state index contributed by atoms with van der Waals surface area (Å²) >= 11 is 8.78. The average molecular weight is 705 g/mol. The highest BCUT2D eigenvalue weighted by molar-refractivity contribution is 8.03. The van der Waals surface area contributed by atoms with Crippen molar-refractivity contribution in [3.63, 3.8) is 0 Å². The van der Waals surface area contributed by atoms with Crippen LogP contribution in [0.3, 0.4) is 0 Å². The van der Waals surface area contributed by atoms with Crippen molar-refractivity contribution >= 4 is 40.5 Å². The SMILES string of the molecule is CCC(=C(c1ccc(OCCN(C)C)cc1)c1cccc(OC(=O)C(C2=C(Cl)C=C=CC=C2)N2CCC3=C(CC(C)S3)C2)c1)c1ccccc1. The van der Waals surface area contributed by atoms with E-state index in [1.807, 2.05) is 80.5 Å². The van der Waals surface area contributed by atoms with Gasteiger partial charge in [0.1, 0.15) is 24.1 Å². The van der Waals surface area contributed by atoms with Crippen molar-refractivity contribution in [1.29, 1.82) is 0 Å². The van der Waals surface area contributed by atoms with E-state index in [0.29, 0.717) is 22.6 Å². The number of thioether (sulfide) groups is 1. The quantitative estimate of drug-likeness (QED) is 0.0810. The van der Waals surface area contributed by atoms with Crippen molar-refractivity contribution in [2.24, 2.45) is 0 Å². The molecule has 0 amide bonds. The van der Waals surface area contributed by atoms with Gasteiger partial charge in [0.05, 0.1) is 5.03 Å². The molecule has 50 heavy (non-hydrogen) atoms. The number of rotatable bonds is 12. The topological polar surface area (TPSA) is 42.0 Å². The van der Waals surface area contributed by atoms with Gasteiger partial charge in [0, 0.05) is 24.9 Å². The number of halogens is 1. The van der Waals surface area contributed by atoms with Crippen molar-refractivity contribution < 1.29 is 14.3 Å². The lowest BCUT2D eigenvalue weighted by Gasteiger charge is -2.34. The molecular formula is C43H45ClN2O3S. The highest BCUT2D eigenvalue weighted by atomic mass is 35.5. The summed E-state index contributed by atoms with van der Waals surface area (Å²) in [7, 11) is 4.08. The summed E-state index contributed by atoms with van der Waals surface area (Å²) in [6, 6.07) is 26.0. The van der Waals surface area contributed by atoms with E-state index in [-0.39, 0.29) is 5.97 Å². The molecule has 0 bridgehead atoms. The molecule has 258 valence electrons. The Labute approximate surface area is 306 Å². The Morgan fingerprint density at radius 2 is 1.80 bits per heavy atom. The van der Waals surface area contributed by atoms with Crippen LogP contribution in [0.4, 0.5) is 0 Å². The summed E-state index contributed by atoms with van der Waals surface area (Å²) in [6.45, 7) is 7.40. The second-order valence-electron chi connectivity index (χ2n) is 13.1. The first-order valence-electron chi connectivity index (χ1n) is 17.4. The van der Waals surface area contributed by atoms with Crippen LogP contribution < -0.4 is 9.47 Å². The molecule has 2 unspecified atom stereocenters. The minimum Gasteiger partial charge on any atom is -0.492 e. The van der Waals surface area contributed by atoms with Gasteiger partial charge in [-0.1, -0.05) is 92.2 Å². The molecule has 3 aliphatic rings. The van der Waals surface area contributed by atoms with Crippen LogP contribution in [-0.4, -0.2) is 67.4 Å². The van der Waals surface area contributed by atoms with Crippen molar-refractivity contribution in [2.75, 3.05) is 40.3 Å². The molecule has 2 aliphatic heterocycles. The normalized spacial score (nSPS) is 18.6. The molecule has 0 radical (unpaired) electrons. The summed E-state index contributed by atoms with van der Waals surface area (Å²) < 4.78 is 12.3. The Balaban J connectivity index is 1.34. The van der Waals surface area contributed by atoms with Crippen molar-refractivity contribution in [3.05, 3.63) is 147 Å². The number of allylic oxidation sites excluding steroid dienone is 4. The fraction of sp³-hybridized carbons (Fsp3) is 0.302. The average Bonchev–Trinajstić information content (AvgIpc) is 3.36. The van der Waals surface area contributed by atoms with E-state index in [1.54, 1.807) is 6.08 Å². The maximum atomic E-state index is 14.4. The largest absolute Gasteiger partial charge is 0.492 e. The van der Waals surface area contributed by atoms with Crippen LogP contribution in [0, 0.1) is 0 Å². The van der Waals surface area contributed by atoms with Crippen LogP contribution in [0.15, 0.2) is 130 Å². The molecule has 0 aromatic heterocycles. The second kappa shape index (κ2) is 16.8. The highest BCUT2D eigenvalue weighted by Crippen LogP contribution is 2.43. The summed E-state index contributed by atoms with van der Waals surface area (Å²) in [4.78, 5) is 20.2. The number of benzene rings is 3. The molecule has 5 nitrogen and oxygen atoms in total. The van der Waals surface area contributed by atoms with Crippen LogP contribution in [0.1, 0.15) is 49.8 Å². The fourth-order valence-electron chi connectivity index (χ4n) is 6.82. The molecule has 6 rings (SSSR count). The van der Waals surface area contributed by atoms with E-state index in [4.69, 9.17) is 21.1 Å². The van der Waals surface area contributed by atoms with Crippen LogP contribution in [0.25, 0.3) is 11.1 Å². The number of carbonyl (C=O) groups excluding carboxylic acids is 1. The van der Waals surface area contributed by atoms with Crippen molar-refractivity contribution in [3.8, 4) is 11.5 Å². The third-order valence-electron chi connectivity index (χ3n) is 9.20. The first-order chi connectivity index (χ1) is 24.3. The number of ether oxygens (including phenoxy) is 2. The third kappa shape index (κ3) is 8.63. The Morgan fingerprint density at radius 1 is 1.02 bits per heavy atom. The number of esters is 1. The summed E-state index contributed by atoms with van der Waals surface area (Å²) in [5, 5.41) is 1.06. The molecule has 0 N–H and O–H groups in total. The zero-order valence-corrected chi connectivity index (χ0v) is 30.9. The number of likely N-dealkylation sites (N-methyl/N-ethyl adjacent to an activating group) is 1. The van der Waals surface area contributed by atoms with Crippen LogP contribution in [-0.2, 0) is 4.79 Å². The summed E-state index contributed by atoms with van der Waals surface area (Å²) in [5.74, 6) is 0.979. The van der Waals surface area contributed by atoms with Crippen molar-refractivity contribution in [1.82, 2.24) is 9.80 Å². The van der Waals surface area contributed by atoms with E-state index in [9.17, 15) is 4.79 Å². The lowest BCUT2D eigenvalue weighted by Crippen LogP contribution is -2.47. The summed E-state index contributed by atoms with van der Waals surface area (Å²) in [5.41, 5.74) is 10.7. The van der Waals surface area contributed by atoms with Gasteiger partial charge in [-0.25, -0.2) is 4.79 Å². The molecule has 3 aromatic rings. The molecule has 0 saturated carbocycles. The summed E-state index contributed by atoms with van der Waals surface area (Å²) in [6.07, 6.45) is 10.1. The van der Waals surface area contributed by atoms with Gasteiger partial charge in [-0.15, -0.1) is 17.5 Å². The molecule has 0 saturated heterocycles. The minimum absolute atomic E-state index is 0.346. The van der Waals surface area contributed by atoms with Gasteiger partial charge in [0.15, 0.2) is 0 Å². The Kier molecular flexibility index (Phi) is 12.0. The monoisotopic (exact) mass is 704 g/mol. The zero-order chi connectivity index (χ0) is 35.0. The van der Waals surface area contributed by atoms with Gasteiger partial charge in [0.25, 0.3) is 0 Å². The van der Waals surface area contributed by atoms with Crippen LogP contribution in [0.2, 0.25) is 0 Å². The molecule has 0 spiro atoms. The minimum atomic E-state index is -0.660. The lowest BCUT2D eigenvalue weighted by molar-refractivity contribution is -0.138. The Bertz CT molecular complexity index is 1880.